The van der Waals surface area contributed by atoms with E-state index in [0.717, 1.165) is 17.5 Å². The normalized spacial score (nSPS) is 12.9. The number of hydrogen-bond donors (Lipinski definition) is 1. The van der Waals surface area contributed by atoms with Crippen LogP contribution < -0.4 is 5.32 Å². The third-order valence-electron chi connectivity index (χ3n) is 5.09. The van der Waals surface area contributed by atoms with Gasteiger partial charge in [-0.3, -0.25) is 9.59 Å². The molecule has 30 heavy (non-hydrogen) atoms. The number of hydrogen-bond acceptors (Lipinski definition) is 2. The summed E-state index contributed by atoms with van der Waals surface area (Å²) in [6.07, 6.45) is 1.53. The first kappa shape index (κ1) is 24.5. The molecule has 2 atom stereocenters. The number of nitrogens with one attached hydrogen (secondary N) is 1. The topological polar surface area (TPSA) is 49.4 Å². The summed E-state index contributed by atoms with van der Waals surface area (Å²) in [6, 6.07) is 11.9. The zero-order chi connectivity index (χ0) is 22.3. The first-order valence-corrected chi connectivity index (χ1v) is 11.1. The summed E-state index contributed by atoms with van der Waals surface area (Å²) in [4.78, 5) is 27.4. The zero-order valence-electron chi connectivity index (χ0n) is 17.4. The van der Waals surface area contributed by atoms with Gasteiger partial charge in [-0.1, -0.05) is 66.0 Å². The van der Waals surface area contributed by atoms with Crippen molar-refractivity contribution in [2.45, 2.75) is 58.7 Å². The van der Waals surface area contributed by atoms with E-state index >= 15 is 0 Å². The van der Waals surface area contributed by atoms with Gasteiger partial charge in [0.25, 0.3) is 0 Å². The molecule has 0 bridgehead atoms. The molecule has 1 N–H and O–H groups in total. The Hall–Kier alpha value is -1.75. The largest absolute Gasteiger partial charge is 0.352 e. The lowest BCUT2D eigenvalue weighted by Crippen LogP contribution is -2.49. The van der Waals surface area contributed by atoms with Gasteiger partial charge in [0, 0.05) is 34.1 Å². The van der Waals surface area contributed by atoms with E-state index in [1.807, 2.05) is 32.0 Å². The molecular weight excluding hydrogens is 443 g/mol. The van der Waals surface area contributed by atoms with Gasteiger partial charge in [0.15, 0.2) is 0 Å². The van der Waals surface area contributed by atoms with Crippen LogP contribution >= 0.6 is 34.8 Å². The molecule has 0 spiro atoms. The van der Waals surface area contributed by atoms with Crippen LogP contribution in [0.15, 0.2) is 42.5 Å². The van der Waals surface area contributed by atoms with Gasteiger partial charge in [0.1, 0.15) is 6.04 Å². The molecule has 0 fully saturated rings. The molecule has 0 saturated carbocycles. The van der Waals surface area contributed by atoms with Crippen molar-refractivity contribution < 1.29 is 9.59 Å². The summed E-state index contributed by atoms with van der Waals surface area (Å²) in [5.41, 5.74) is 1.63. The molecule has 0 heterocycles. The fraction of sp³-hybridized carbons (Fsp3) is 0.391. The second-order valence-corrected chi connectivity index (χ2v) is 8.59. The Bertz CT molecular complexity index is 889. The average Bonchev–Trinajstić information content (AvgIpc) is 2.71. The number of amides is 2. The van der Waals surface area contributed by atoms with Crippen molar-refractivity contribution in [3.63, 3.8) is 0 Å². The summed E-state index contributed by atoms with van der Waals surface area (Å²) in [5, 5.41) is 4.55. The maximum atomic E-state index is 13.1. The highest BCUT2D eigenvalue weighted by atomic mass is 35.5. The number of carbonyl (C=O) groups is 2. The van der Waals surface area contributed by atoms with Gasteiger partial charge in [-0.05, 0) is 56.0 Å². The van der Waals surface area contributed by atoms with E-state index in [1.165, 1.54) is 0 Å². The van der Waals surface area contributed by atoms with Crippen molar-refractivity contribution in [1.29, 1.82) is 0 Å². The van der Waals surface area contributed by atoms with E-state index < -0.39 is 6.04 Å². The molecule has 7 heteroatoms. The highest BCUT2D eigenvalue weighted by Gasteiger charge is 2.27. The number of carbonyl (C=O) groups excluding carboxylic acids is 2. The molecule has 4 nitrogen and oxygen atoms in total. The van der Waals surface area contributed by atoms with Crippen molar-refractivity contribution in [2.24, 2.45) is 0 Å². The van der Waals surface area contributed by atoms with E-state index in [2.05, 4.69) is 5.32 Å². The summed E-state index contributed by atoms with van der Waals surface area (Å²) in [7, 11) is 0. The highest BCUT2D eigenvalue weighted by molar-refractivity contribution is 6.35. The molecule has 2 amide bonds. The van der Waals surface area contributed by atoms with Crippen molar-refractivity contribution >= 4 is 46.6 Å². The van der Waals surface area contributed by atoms with Crippen LogP contribution in [0.2, 0.25) is 15.1 Å². The Balaban J connectivity index is 2.21. The Morgan fingerprint density at radius 1 is 1.00 bits per heavy atom. The van der Waals surface area contributed by atoms with Crippen molar-refractivity contribution in [3.05, 3.63) is 68.7 Å². The number of benzene rings is 2. The summed E-state index contributed by atoms with van der Waals surface area (Å²) < 4.78 is 0. The third-order valence-corrected chi connectivity index (χ3v) is 6.05. The third kappa shape index (κ3) is 6.90. The predicted octanol–water partition coefficient (Wildman–Crippen LogP) is 5.91. The lowest BCUT2D eigenvalue weighted by Gasteiger charge is -2.30. The highest BCUT2D eigenvalue weighted by Crippen LogP contribution is 2.24. The number of aryl methyl sites for hydroxylation is 1. The number of halogens is 3. The van der Waals surface area contributed by atoms with Gasteiger partial charge in [-0.15, -0.1) is 0 Å². The average molecular weight is 470 g/mol. The molecule has 0 saturated heterocycles. The lowest BCUT2D eigenvalue weighted by molar-refractivity contribution is -0.140. The number of rotatable bonds is 9. The van der Waals surface area contributed by atoms with Gasteiger partial charge >= 0.3 is 0 Å². The first-order valence-electron chi connectivity index (χ1n) is 10.00. The summed E-state index contributed by atoms with van der Waals surface area (Å²) >= 11 is 18.5. The Morgan fingerprint density at radius 2 is 1.70 bits per heavy atom. The fourth-order valence-corrected chi connectivity index (χ4v) is 3.67. The van der Waals surface area contributed by atoms with Crippen LogP contribution in [-0.4, -0.2) is 28.8 Å². The van der Waals surface area contributed by atoms with Crippen molar-refractivity contribution in [1.82, 2.24) is 10.2 Å². The molecule has 2 rings (SSSR count). The van der Waals surface area contributed by atoms with Gasteiger partial charge in [0.05, 0.1) is 0 Å². The number of nitrogens with zero attached hydrogens (tertiary/aromatic N) is 1. The van der Waals surface area contributed by atoms with Crippen LogP contribution in [0.5, 0.6) is 0 Å². The first-order chi connectivity index (χ1) is 14.2. The minimum Gasteiger partial charge on any atom is -0.352 e. The van der Waals surface area contributed by atoms with Gasteiger partial charge in [-0.2, -0.15) is 0 Å². The Kier molecular flexibility index (Phi) is 9.47. The zero-order valence-corrected chi connectivity index (χ0v) is 19.7. The molecular formula is C23H27Cl3N2O2. The van der Waals surface area contributed by atoms with Crippen LogP contribution in [0.25, 0.3) is 0 Å². The van der Waals surface area contributed by atoms with Crippen molar-refractivity contribution in [3.8, 4) is 0 Å². The van der Waals surface area contributed by atoms with E-state index in [9.17, 15) is 9.59 Å². The molecule has 0 aromatic heterocycles. The summed E-state index contributed by atoms with van der Waals surface area (Å²) in [6.45, 7) is 5.88. The standard InChI is InChI=1S/C23H27Cl3N2O2/c1-4-15(2)27-23(30)16(3)28(14-18-9-11-19(24)13-21(18)26)22(29)12-10-17-7-5-6-8-20(17)25/h5-9,11,13,15-16H,4,10,12,14H2,1-3H3,(H,27,30)/t15-,16-/m0/s1. The maximum Gasteiger partial charge on any atom is 0.242 e. The SMILES string of the molecule is CC[C@H](C)NC(=O)[C@H](C)N(Cc1ccc(Cl)cc1Cl)C(=O)CCc1ccccc1Cl. The molecule has 0 aliphatic rings. The van der Waals surface area contributed by atoms with Gasteiger partial charge < -0.3 is 10.2 Å². The molecule has 0 unspecified atom stereocenters. The van der Waals surface area contributed by atoms with Crippen LogP contribution in [0.3, 0.4) is 0 Å². The molecule has 0 radical (unpaired) electrons. The van der Waals surface area contributed by atoms with Crippen LogP contribution in [0.4, 0.5) is 0 Å². The summed E-state index contributed by atoms with van der Waals surface area (Å²) in [5.74, 6) is -0.340. The van der Waals surface area contributed by atoms with E-state index in [-0.39, 0.29) is 30.8 Å². The van der Waals surface area contributed by atoms with E-state index in [0.29, 0.717) is 21.5 Å². The van der Waals surface area contributed by atoms with Crippen LogP contribution in [-0.2, 0) is 22.6 Å². The molecule has 162 valence electrons. The van der Waals surface area contributed by atoms with Crippen LogP contribution in [0.1, 0.15) is 44.7 Å². The van der Waals surface area contributed by atoms with E-state index in [4.69, 9.17) is 34.8 Å². The molecule has 2 aromatic rings. The maximum absolute atomic E-state index is 13.1. The Morgan fingerprint density at radius 3 is 2.33 bits per heavy atom. The van der Waals surface area contributed by atoms with Crippen molar-refractivity contribution in [2.75, 3.05) is 0 Å². The molecule has 0 aliphatic heterocycles. The Labute approximate surface area is 193 Å². The van der Waals surface area contributed by atoms with Gasteiger partial charge in [-0.25, -0.2) is 0 Å². The lowest BCUT2D eigenvalue weighted by atomic mass is 10.1. The minimum atomic E-state index is -0.649. The van der Waals surface area contributed by atoms with E-state index in [1.54, 1.807) is 36.1 Å². The molecule has 2 aromatic carbocycles. The molecule has 0 aliphatic carbocycles. The van der Waals surface area contributed by atoms with Gasteiger partial charge in [0.2, 0.25) is 11.8 Å². The minimum absolute atomic E-state index is 0.0270. The smallest absolute Gasteiger partial charge is 0.242 e. The monoisotopic (exact) mass is 468 g/mol. The second kappa shape index (κ2) is 11.6. The predicted molar refractivity (Wildman–Crippen MR) is 124 cm³/mol. The fourth-order valence-electron chi connectivity index (χ4n) is 2.97. The van der Waals surface area contributed by atoms with Crippen LogP contribution in [0, 0.1) is 0 Å². The quantitative estimate of drug-likeness (QED) is 0.496. The second-order valence-electron chi connectivity index (χ2n) is 7.34.